The van der Waals surface area contributed by atoms with Crippen LogP contribution in [0.2, 0.25) is 0 Å². The number of ether oxygens (including phenoxy) is 2. The molecule has 0 saturated carbocycles. The van der Waals surface area contributed by atoms with Gasteiger partial charge in [-0.3, -0.25) is 28.8 Å². The minimum Gasteiger partial charge on any atom is -0.508 e. The van der Waals surface area contributed by atoms with Gasteiger partial charge in [-0.2, -0.15) is 0 Å². The van der Waals surface area contributed by atoms with Crippen molar-refractivity contribution in [2.24, 2.45) is 11.8 Å². The monoisotopic (exact) mass is 880 g/mol. The van der Waals surface area contributed by atoms with Crippen LogP contribution in [-0.4, -0.2) is 142 Å². The van der Waals surface area contributed by atoms with Gasteiger partial charge in [0, 0.05) is 20.6 Å². The Morgan fingerprint density at radius 2 is 1.52 bits per heavy atom. The largest absolute Gasteiger partial charge is 0.508 e. The molecule has 0 radical (unpaired) electrons. The van der Waals surface area contributed by atoms with Crippen LogP contribution < -0.4 is 21.3 Å². The first kappa shape index (κ1) is 50.1. The van der Waals surface area contributed by atoms with Gasteiger partial charge in [-0.25, -0.2) is 4.79 Å². The minimum atomic E-state index is -1.68. The lowest BCUT2D eigenvalue weighted by atomic mass is 9.91. The second-order valence-electron chi connectivity index (χ2n) is 16.5. The Morgan fingerprint density at radius 1 is 0.873 bits per heavy atom. The number of esters is 1. The number of aromatic hydroxyl groups is 1. The maximum absolute atomic E-state index is 14.8. The zero-order chi connectivity index (χ0) is 46.5. The van der Waals surface area contributed by atoms with Crippen LogP contribution in [0.4, 0.5) is 0 Å². The second-order valence-corrected chi connectivity index (χ2v) is 16.5. The topological polar surface area (TPSA) is 253 Å². The number of carbonyl (C=O) groups excluding carboxylic acids is 7. The van der Waals surface area contributed by atoms with E-state index in [4.69, 9.17) is 9.47 Å². The predicted octanol–water partition coefficient (Wildman–Crippen LogP) is 0.688. The molecule has 0 aromatic heterocycles. The van der Waals surface area contributed by atoms with Crippen molar-refractivity contribution >= 4 is 41.4 Å². The Kier molecular flexibility index (Phi) is 18.4. The Balaban J connectivity index is 1.88. The van der Waals surface area contributed by atoms with Crippen LogP contribution in [0, 0.1) is 11.8 Å². The summed E-state index contributed by atoms with van der Waals surface area (Å²) >= 11 is 0. The molecule has 63 heavy (non-hydrogen) atoms. The number of fused-ring (bicyclic) bond motifs is 2. The van der Waals surface area contributed by atoms with E-state index in [-0.39, 0.29) is 37.9 Å². The van der Waals surface area contributed by atoms with Crippen molar-refractivity contribution in [2.45, 2.75) is 134 Å². The normalized spacial score (nSPS) is 27.1. The van der Waals surface area contributed by atoms with Crippen molar-refractivity contribution < 1.29 is 58.4 Å². The number of aliphatic hydroxyl groups is 2. The van der Waals surface area contributed by atoms with Gasteiger partial charge in [0.2, 0.25) is 29.5 Å². The number of aryl methyl sites for hydroxylation is 1. The molecule has 1 unspecified atom stereocenters. The van der Waals surface area contributed by atoms with E-state index in [9.17, 15) is 48.9 Å². The second kappa shape index (κ2) is 23.2. The van der Waals surface area contributed by atoms with Gasteiger partial charge < -0.3 is 55.9 Å². The van der Waals surface area contributed by atoms with Gasteiger partial charge in [-0.15, -0.1) is 0 Å². The molecule has 0 aliphatic carbocycles. The number of likely N-dealkylation sites (N-methyl/N-ethyl adjacent to an activating group) is 1. The van der Waals surface area contributed by atoms with E-state index in [1.54, 1.807) is 63.2 Å². The molecule has 2 fully saturated rings. The lowest BCUT2D eigenvalue weighted by Gasteiger charge is -2.44. The average molecular weight is 881 g/mol. The van der Waals surface area contributed by atoms with Crippen LogP contribution in [0.15, 0.2) is 54.6 Å². The number of phenols is 1. The lowest BCUT2D eigenvalue weighted by Crippen LogP contribution is -2.66. The van der Waals surface area contributed by atoms with E-state index in [2.05, 4.69) is 21.3 Å². The van der Waals surface area contributed by atoms with Crippen molar-refractivity contribution in [3.63, 3.8) is 0 Å². The number of piperidine rings is 1. The molecule has 11 atom stereocenters. The molecule has 2 bridgehead atoms. The highest BCUT2D eigenvalue weighted by Gasteiger charge is 2.47. The third-order valence-corrected chi connectivity index (χ3v) is 12.2. The van der Waals surface area contributed by atoms with E-state index >= 15 is 0 Å². The van der Waals surface area contributed by atoms with E-state index in [1.807, 2.05) is 6.92 Å². The number of aliphatic hydroxyl groups excluding tert-OH is 2. The van der Waals surface area contributed by atoms with E-state index in [0.29, 0.717) is 24.0 Å². The molecular weight excluding hydrogens is 817 g/mol. The maximum Gasteiger partial charge on any atom is 0.329 e. The van der Waals surface area contributed by atoms with Gasteiger partial charge in [0.15, 0.2) is 6.10 Å². The Bertz CT molecular complexity index is 1900. The number of benzene rings is 2. The summed E-state index contributed by atoms with van der Waals surface area (Å²) in [5.41, 5.74) is 1.37. The number of carbonyl (C=O) groups is 7. The number of rotatable bonds is 13. The van der Waals surface area contributed by atoms with Gasteiger partial charge in [0.05, 0.1) is 6.61 Å². The Hall–Kier alpha value is -5.59. The first-order valence-corrected chi connectivity index (χ1v) is 21.6. The summed E-state index contributed by atoms with van der Waals surface area (Å²) in [7, 11) is 2.60. The zero-order valence-electron chi connectivity index (χ0n) is 37.1. The first-order chi connectivity index (χ1) is 29.9. The number of cyclic esters (lactones) is 1. The molecule has 18 nitrogen and oxygen atoms in total. The molecule has 2 saturated heterocycles. The van der Waals surface area contributed by atoms with Crippen LogP contribution >= 0.6 is 0 Å². The summed E-state index contributed by atoms with van der Waals surface area (Å²) in [6.45, 7) is 7.65. The number of hydrogen-bond donors (Lipinski definition) is 7. The predicted molar refractivity (Wildman–Crippen MR) is 229 cm³/mol. The molecule has 6 amide bonds. The van der Waals surface area contributed by atoms with E-state index in [0.717, 1.165) is 4.90 Å². The highest BCUT2D eigenvalue weighted by atomic mass is 16.5. The van der Waals surface area contributed by atoms with Crippen molar-refractivity contribution in [1.82, 2.24) is 31.1 Å². The smallest absolute Gasteiger partial charge is 0.329 e. The highest BCUT2D eigenvalue weighted by molar-refractivity contribution is 5.98. The number of amides is 6. The third kappa shape index (κ3) is 12.8. The molecule has 18 heteroatoms. The summed E-state index contributed by atoms with van der Waals surface area (Å²) in [5, 5.41) is 41.7. The van der Waals surface area contributed by atoms with Crippen LogP contribution in [0.25, 0.3) is 0 Å². The molecule has 2 aliphatic rings. The van der Waals surface area contributed by atoms with Gasteiger partial charge >= 0.3 is 5.97 Å². The van der Waals surface area contributed by atoms with Gasteiger partial charge in [-0.1, -0.05) is 83.0 Å². The van der Waals surface area contributed by atoms with E-state index in [1.165, 1.54) is 38.1 Å². The number of phenolic OH excluding ortho intramolecular Hbond substituents is 1. The van der Waals surface area contributed by atoms with Crippen LogP contribution in [0.1, 0.15) is 77.8 Å². The number of nitrogens with zero attached hydrogens (tertiary/aromatic N) is 2. The van der Waals surface area contributed by atoms with Crippen LogP contribution in [-0.2, 0) is 55.9 Å². The lowest BCUT2D eigenvalue weighted by molar-refractivity contribution is -0.168. The number of hydrogen-bond acceptors (Lipinski definition) is 12. The standard InChI is InChI=1S/C45H64N6O12/c1-8-25(3)36-45(61)63-27(5)37(49-41(57)34(24-52)62-7)42(58)46-31(20-17-28-15-18-30(53)19-16-28)39(55)47-32-21-22-35(54)51(43(32)59)38(26(4)9-2)44(60)50(6)33(40(56)48-36)23-29-13-11-10-12-14-29/h10-16,18-19,25-27,31-38,52-54H,8-9,17,20-24H2,1-7H3,(H,46,58)(H,47,55)(H,48,56)(H,49,57)/t25-,26-,27+,31-,32-,33?,34+,35+,36-,37-,38-/m0/s1. The maximum atomic E-state index is 14.8. The quantitative estimate of drug-likeness (QED) is 0.137. The molecule has 0 spiro atoms. The summed E-state index contributed by atoms with van der Waals surface area (Å²) in [6, 6.07) is 6.94. The van der Waals surface area contributed by atoms with Gasteiger partial charge in [0.25, 0.3) is 5.91 Å². The first-order valence-electron chi connectivity index (χ1n) is 21.6. The molecule has 7 N–H and O–H groups in total. The van der Waals surface area contributed by atoms with Crippen molar-refractivity contribution in [3.8, 4) is 5.75 Å². The van der Waals surface area contributed by atoms with Gasteiger partial charge in [0.1, 0.15) is 54.3 Å². The summed E-state index contributed by atoms with van der Waals surface area (Å²) in [6.07, 6.45) is -3.42. The molecule has 346 valence electrons. The summed E-state index contributed by atoms with van der Waals surface area (Å²) in [4.78, 5) is 102. The summed E-state index contributed by atoms with van der Waals surface area (Å²) < 4.78 is 10.9. The molecular formula is C45H64N6O12. The summed E-state index contributed by atoms with van der Waals surface area (Å²) in [5.74, 6) is -6.84. The van der Waals surface area contributed by atoms with Crippen molar-refractivity contribution in [3.05, 3.63) is 65.7 Å². The number of nitrogens with one attached hydrogen (secondary N) is 4. The fourth-order valence-corrected chi connectivity index (χ4v) is 7.75. The van der Waals surface area contributed by atoms with Gasteiger partial charge in [-0.05, 0) is 67.7 Å². The van der Waals surface area contributed by atoms with E-state index < -0.39 is 115 Å². The molecule has 2 aromatic rings. The zero-order valence-corrected chi connectivity index (χ0v) is 37.1. The molecule has 2 aliphatic heterocycles. The fraction of sp³-hybridized carbons (Fsp3) is 0.578. The van der Waals surface area contributed by atoms with Crippen molar-refractivity contribution in [2.75, 3.05) is 20.8 Å². The Labute approximate surface area is 368 Å². The average Bonchev–Trinajstić information content (AvgIpc) is 3.27. The van der Waals surface area contributed by atoms with Crippen molar-refractivity contribution in [1.29, 1.82) is 0 Å². The highest BCUT2D eigenvalue weighted by Crippen LogP contribution is 2.28. The SMILES string of the molecule is CC[C@H](C)[C@@H]1NC(=O)C(Cc2ccccc2)N(C)C(=O)[C@H]([C@@H](C)CC)N2C(=O)[C@H](CC[C@H]2O)NC(=O)[C@H](CCc2ccc(O)cc2)NC(=O)[C@@H](NC(=O)[C@@H](CO)OC)[C@@H](C)OC1=O. The molecule has 2 heterocycles. The third-order valence-electron chi connectivity index (χ3n) is 12.2. The Morgan fingerprint density at radius 3 is 2.13 bits per heavy atom. The van der Waals surface area contributed by atoms with Crippen LogP contribution in [0.5, 0.6) is 5.75 Å². The fourth-order valence-electron chi connectivity index (χ4n) is 7.75. The van der Waals surface area contributed by atoms with Crippen LogP contribution in [0.3, 0.4) is 0 Å². The molecule has 4 rings (SSSR count). The minimum absolute atomic E-state index is 0.00132. The molecule has 2 aromatic carbocycles. The number of methoxy groups -OCH3 is 1.